The molecule has 8 nitrogen and oxygen atoms in total. The fourth-order valence-electron chi connectivity index (χ4n) is 4.05. The Kier molecular flexibility index (Phi) is 9.61. The lowest BCUT2D eigenvalue weighted by Gasteiger charge is -2.39. The van der Waals surface area contributed by atoms with E-state index in [0.29, 0.717) is 41.2 Å². The number of carboxylic acids is 1. The van der Waals surface area contributed by atoms with Crippen LogP contribution in [-0.2, 0) is 4.74 Å². The summed E-state index contributed by atoms with van der Waals surface area (Å²) < 4.78 is 39.3. The third-order valence-corrected chi connectivity index (χ3v) is 5.90. The Morgan fingerprint density at radius 2 is 1.66 bits per heavy atom. The minimum Gasteiger partial charge on any atom is -0.494 e. The molecule has 0 aliphatic carbocycles. The molecule has 5 rings (SSSR count). The molecule has 3 aromatic carbocycles. The Morgan fingerprint density at radius 1 is 1.03 bits per heavy atom. The van der Waals surface area contributed by atoms with Crippen LogP contribution in [0.15, 0.2) is 54.7 Å². The molecule has 0 saturated carbocycles. The van der Waals surface area contributed by atoms with Gasteiger partial charge in [-0.3, -0.25) is 5.10 Å². The van der Waals surface area contributed by atoms with Crippen LogP contribution in [0.25, 0.3) is 10.9 Å². The second-order valence-corrected chi connectivity index (χ2v) is 7.94. The van der Waals surface area contributed by atoms with Crippen molar-refractivity contribution in [1.29, 1.82) is 0 Å². The van der Waals surface area contributed by atoms with Crippen molar-refractivity contribution in [2.45, 2.75) is 20.8 Å². The van der Waals surface area contributed by atoms with Gasteiger partial charge in [0, 0.05) is 49.6 Å². The quantitative estimate of drug-likeness (QED) is 0.306. The smallest absolute Gasteiger partial charge is 0.335 e. The Balaban J connectivity index is 0.000000612. The van der Waals surface area contributed by atoms with E-state index in [1.165, 1.54) is 25.3 Å². The minimum atomic E-state index is -1.03. The molecule has 0 fully saturated rings. The first-order chi connectivity index (χ1) is 18.4. The number of aromatic amines is 1. The van der Waals surface area contributed by atoms with E-state index in [4.69, 9.17) is 4.74 Å². The number of aromatic carboxylic acids is 1. The van der Waals surface area contributed by atoms with Gasteiger partial charge in [-0.05, 0) is 49.4 Å². The van der Waals surface area contributed by atoms with Crippen LogP contribution in [0.1, 0.15) is 31.1 Å². The monoisotopic (exact) mass is 526 g/mol. The van der Waals surface area contributed by atoms with Crippen LogP contribution in [-0.4, -0.2) is 55.2 Å². The van der Waals surface area contributed by atoms with Crippen LogP contribution in [0.2, 0.25) is 0 Å². The molecule has 0 saturated heterocycles. The largest absolute Gasteiger partial charge is 0.494 e. The van der Waals surface area contributed by atoms with Gasteiger partial charge in [0.15, 0.2) is 17.4 Å². The van der Waals surface area contributed by atoms with E-state index in [1.54, 1.807) is 42.5 Å². The van der Waals surface area contributed by atoms with Crippen molar-refractivity contribution in [1.82, 2.24) is 10.2 Å². The topological polar surface area (TPSA) is 90.9 Å². The highest BCUT2D eigenvalue weighted by molar-refractivity contribution is 5.96. The van der Waals surface area contributed by atoms with Gasteiger partial charge in [0.25, 0.3) is 0 Å². The summed E-state index contributed by atoms with van der Waals surface area (Å²) in [6, 6.07) is 12.6. The number of nitrogens with zero attached hydrogens (tertiary/aromatic N) is 3. The number of carboxylic acid groups (broad SMARTS) is 1. The molecule has 0 radical (unpaired) electrons. The van der Waals surface area contributed by atoms with Crippen molar-refractivity contribution >= 4 is 39.6 Å². The normalized spacial score (nSPS) is 12.2. The lowest BCUT2D eigenvalue weighted by molar-refractivity contribution is 0.0697. The second-order valence-electron chi connectivity index (χ2n) is 7.94. The number of hydrogen-bond donors (Lipinski definition) is 2. The number of anilines is 4. The number of carbonyl (C=O) groups is 1. The van der Waals surface area contributed by atoms with E-state index in [9.17, 15) is 14.3 Å². The SMILES string of the molecule is CC.CCOC.COc1cc(N2CCN(c3ccc(C(=O)O)cc3)c3c2cc2cn[nH]c2c3F)ccc1F. The first kappa shape index (κ1) is 28.4. The number of H-pyrrole nitrogens is 1. The molecule has 2 heterocycles. The fraction of sp³-hybridized carbons (Fsp3) is 0.286. The maximum absolute atomic E-state index is 15.7. The number of hydrogen-bond acceptors (Lipinski definition) is 6. The summed E-state index contributed by atoms with van der Waals surface area (Å²) in [6.45, 7) is 7.67. The van der Waals surface area contributed by atoms with Gasteiger partial charge in [-0.1, -0.05) is 13.8 Å². The molecule has 4 aromatic rings. The third kappa shape index (κ3) is 5.70. The second kappa shape index (κ2) is 12.9. The molecule has 0 atom stereocenters. The van der Waals surface area contributed by atoms with E-state index >= 15 is 4.39 Å². The molecule has 0 unspecified atom stereocenters. The highest BCUT2D eigenvalue weighted by Gasteiger charge is 2.30. The summed E-state index contributed by atoms with van der Waals surface area (Å²) in [4.78, 5) is 14.9. The Bertz CT molecular complexity index is 1370. The van der Waals surface area contributed by atoms with Crippen LogP contribution < -0.4 is 14.5 Å². The van der Waals surface area contributed by atoms with E-state index in [0.717, 1.165) is 6.61 Å². The number of aromatic nitrogens is 2. The zero-order valence-corrected chi connectivity index (χ0v) is 22.1. The summed E-state index contributed by atoms with van der Waals surface area (Å²) in [6.07, 6.45) is 1.54. The molecule has 0 bridgehead atoms. The van der Waals surface area contributed by atoms with E-state index in [1.807, 2.05) is 31.7 Å². The maximum atomic E-state index is 15.7. The van der Waals surface area contributed by atoms with Crippen LogP contribution in [0.3, 0.4) is 0 Å². The molecule has 0 spiro atoms. The Hall–Kier alpha value is -4.18. The van der Waals surface area contributed by atoms with Crippen molar-refractivity contribution in [3.05, 3.63) is 71.9 Å². The molecule has 2 N–H and O–H groups in total. The average Bonchev–Trinajstić information content (AvgIpc) is 3.43. The average molecular weight is 527 g/mol. The molecule has 10 heteroatoms. The number of methoxy groups -OCH3 is 2. The first-order valence-electron chi connectivity index (χ1n) is 12.3. The van der Waals surface area contributed by atoms with Gasteiger partial charge >= 0.3 is 5.97 Å². The summed E-state index contributed by atoms with van der Waals surface area (Å²) in [5.74, 6) is -1.89. The third-order valence-electron chi connectivity index (χ3n) is 5.90. The molecule has 1 aliphatic rings. The van der Waals surface area contributed by atoms with Gasteiger partial charge < -0.3 is 24.4 Å². The predicted octanol–water partition coefficient (Wildman–Crippen LogP) is 6.52. The fourth-order valence-corrected chi connectivity index (χ4v) is 4.05. The number of fused-ring (bicyclic) bond motifs is 2. The molecule has 1 aliphatic heterocycles. The maximum Gasteiger partial charge on any atom is 0.335 e. The Morgan fingerprint density at radius 3 is 2.26 bits per heavy atom. The van der Waals surface area contributed by atoms with Gasteiger partial charge in [-0.25, -0.2) is 13.6 Å². The molecule has 38 heavy (non-hydrogen) atoms. The highest BCUT2D eigenvalue weighted by atomic mass is 19.1. The van der Waals surface area contributed by atoms with Crippen LogP contribution >= 0.6 is 0 Å². The first-order valence-corrected chi connectivity index (χ1v) is 12.3. The highest BCUT2D eigenvalue weighted by Crippen LogP contribution is 2.45. The summed E-state index contributed by atoms with van der Waals surface area (Å²) in [7, 11) is 3.07. The van der Waals surface area contributed by atoms with E-state index in [2.05, 4.69) is 14.9 Å². The predicted molar refractivity (Wildman–Crippen MR) is 145 cm³/mol. The summed E-state index contributed by atoms with van der Waals surface area (Å²) in [5, 5.41) is 16.4. The van der Waals surface area contributed by atoms with Crippen molar-refractivity contribution in [3.8, 4) is 5.75 Å². The van der Waals surface area contributed by atoms with Gasteiger partial charge in [-0.15, -0.1) is 0 Å². The van der Waals surface area contributed by atoms with Gasteiger partial charge in [0.2, 0.25) is 0 Å². The standard InChI is InChI=1S/C23H18F2N4O3.C3H8O.C2H6/c1-32-19-11-16(6-7-17(19)24)28-8-9-29(15-4-2-13(3-5-15)23(30)31)22-18(28)10-14-12-26-27-21(14)20(22)25;1-3-4-2;1-2/h2-7,10-12H,8-9H2,1H3,(H,26,27)(H,30,31);3H2,1-2H3;1-2H3. The zero-order valence-electron chi connectivity index (χ0n) is 22.1. The van der Waals surface area contributed by atoms with E-state index < -0.39 is 17.6 Å². The zero-order chi connectivity index (χ0) is 27.8. The van der Waals surface area contributed by atoms with Crippen molar-refractivity contribution in [3.63, 3.8) is 0 Å². The number of rotatable bonds is 5. The number of halogens is 2. The van der Waals surface area contributed by atoms with Gasteiger partial charge in [0.05, 0.1) is 24.6 Å². The molecule has 202 valence electrons. The van der Waals surface area contributed by atoms with Crippen LogP contribution in [0.4, 0.5) is 31.5 Å². The molecular weight excluding hydrogens is 494 g/mol. The molecule has 1 aromatic heterocycles. The van der Waals surface area contributed by atoms with Crippen LogP contribution in [0.5, 0.6) is 5.75 Å². The minimum absolute atomic E-state index is 0.0978. The van der Waals surface area contributed by atoms with Crippen molar-refractivity contribution in [2.75, 3.05) is 43.7 Å². The number of benzene rings is 3. The van der Waals surface area contributed by atoms with Crippen molar-refractivity contribution in [2.24, 2.45) is 0 Å². The lowest BCUT2D eigenvalue weighted by Crippen LogP contribution is -2.37. The van der Waals surface area contributed by atoms with E-state index in [-0.39, 0.29) is 16.8 Å². The summed E-state index contributed by atoms with van der Waals surface area (Å²) in [5.41, 5.74) is 2.64. The van der Waals surface area contributed by atoms with Gasteiger partial charge in [0.1, 0.15) is 11.2 Å². The van der Waals surface area contributed by atoms with Gasteiger partial charge in [-0.2, -0.15) is 5.10 Å². The molecule has 0 amide bonds. The Labute approximate surface area is 220 Å². The van der Waals surface area contributed by atoms with Crippen LogP contribution in [0, 0.1) is 11.6 Å². The number of ether oxygens (including phenoxy) is 2. The molecular formula is C28H32F2N4O4. The lowest BCUT2D eigenvalue weighted by atomic mass is 10.1. The summed E-state index contributed by atoms with van der Waals surface area (Å²) >= 11 is 0. The van der Waals surface area contributed by atoms with Crippen molar-refractivity contribution < 1.29 is 28.2 Å². The number of nitrogens with one attached hydrogen (secondary N) is 1.